The van der Waals surface area contributed by atoms with Crippen LogP contribution >= 0.6 is 0 Å². The van der Waals surface area contributed by atoms with Gasteiger partial charge in [-0.15, -0.1) is 0 Å². The smallest absolute Gasteiger partial charge is 0.267 e. The average molecular weight is 338 g/mol. The first-order valence-corrected chi connectivity index (χ1v) is 9.43. The summed E-state index contributed by atoms with van der Waals surface area (Å²) in [5.41, 5.74) is 4.68. The van der Waals surface area contributed by atoms with Crippen molar-refractivity contribution in [3.05, 3.63) is 57.5 Å². The summed E-state index contributed by atoms with van der Waals surface area (Å²) in [5.74, 6) is 0. The second kappa shape index (κ2) is 7.40. The van der Waals surface area contributed by atoms with Gasteiger partial charge in [0, 0.05) is 50.4 Å². The van der Waals surface area contributed by atoms with Crippen molar-refractivity contribution >= 4 is 5.69 Å². The Morgan fingerprint density at radius 3 is 2.44 bits per heavy atom. The molecule has 1 aliphatic heterocycles. The van der Waals surface area contributed by atoms with Crippen molar-refractivity contribution in [3.8, 4) is 0 Å². The summed E-state index contributed by atoms with van der Waals surface area (Å²) >= 11 is 0. The summed E-state index contributed by atoms with van der Waals surface area (Å²) in [6.07, 6.45) is 5.17. The lowest BCUT2D eigenvalue weighted by atomic mass is 9.91. The first kappa shape index (κ1) is 16.3. The molecule has 1 N–H and O–H groups in total. The minimum absolute atomic E-state index is 0.0231. The molecule has 4 rings (SSSR count). The standard InChI is InChI=1S/C20H26N4O/c25-20-18-9-5-4-8-17(18)19(21-22-20)10-11-23-12-14-24(15-13-23)16-6-2-1-3-7-16/h1-3,6-7H,4-5,8-15H2,(H,22,25). The Balaban J connectivity index is 1.35. The summed E-state index contributed by atoms with van der Waals surface area (Å²) in [4.78, 5) is 16.9. The molecule has 132 valence electrons. The van der Waals surface area contributed by atoms with Gasteiger partial charge in [-0.1, -0.05) is 18.2 Å². The van der Waals surface area contributed by atoms with Gasteiger partial charge in [-0.2, -0.15) is 5.10 Å². The maximum absolute atomic E-state index is 12.0. The number of nitrogens with zero attached hydrogens (tertiary/aromatic N) is 3. The Morgan fingerprint density at radius 1 is 0.960 bits per heavy atom. The summed E-state index contributed by atoms with van der Waals surface area (Å²) in [7, 11) is 0. The summed E-state index contributed by atoms with van der Waals surface area (Å²) < 4.78 is 0. The Bertz CT molecular complexity index is 763. The van der Waals surface area contributed by atoms with Crippen LogP contribution in [-0.4, -0.2) is 47.8 Å². The third-order valence-corrected chi connectivity index (χ3v) is 5.54. The molecular formula is C20H26N4O. The number of anilines is 1. The first-order chi connectivity index (χ1) is 12.3. The van der Waals surface area contributed by atoms with Crippen LogP contribution in [0.15, 0.2) is 35.1 Å². The molecule has 0 atom stereocenters. The van der Waals surface area contributed by atoms with Crippen LogP contribution in [0.5, 0.6) is 0 Å². The van der Waals surface area contributed by atoms with Crippen molar-refractivity contribution in [2.75, 3.05) is 37.6 Å². The van der Waals surface area contributed by atoms with Crippen LogP contribution in [0, 0.1) is 0 Å². The van der Waals surface area contributed by atoms with Gasteiger partial charge in [0.2, 0.25) is 0 Å². The highest BCUT2D eigenvalue weighted by Crippen LogP contribution is 2.21. The number of nitrogens with one attached hydrogen (secondary N) is 1. The fourth-order valence-corrected chi connectivity index (χ4v) is 4.07. The number of aromatic nitrogens is 2. The molecule has 5 nitrogen and oxygen atoms in total. The number of fused-ring (bicyclic) bond motifs is 1. The number of aromatic amines is 1. The highest BCUT2D eigenvalue weighted by atomic mass is 16.1. The van der Waals surface area contributed by atoms with Crippen LogP contribution in [0.4, 0.5) is 5.69 Å². The van der Waals surface area contributed by atoms with E-state index in [1.165, 1.54) is 17.7 Å². The molecule has 2 heterocycles. The summed E-state index contributed by atoms with van der Waals surface area (Å²) in [5, 5.41) is 7.08. The first-order valence-electron chi connectivity index (χ1n) is 9.43. The average Bonchev–Trinajstić information content (AvgIpc) is 2.69. The largest absolute Gasteiger partial charge is 0.369 e. The quantitative estimate of drug-likeness (QED) is 0.927. The molecule has 0 amide bonds. The molecule has 0 radical (unpaired) electrons. The lowest BCUT2D eigenvalue weighted by Crippen LogP contribution is -2.47. The number of H-pyrrole nitrogens is 1. The van der Waals surface area contributed by atoms with Crippen LogP contribution in [0.25, 0.3) is 0 Å². The molecule has 1 fully saturated rings. The summed E-state index contributed by atoms with van der Waals surface area (Å²) in [6, 6.07) is 10.6. The third kappa shape index (κ3) is 3.61. The monoisotopic (exact) mass is 338 g/mol. The molecule has 0 unspecified atom stereocenters. The Labute approximate surface area is 148 Å². The fourth-order valence-electron chi connectivity index (χ4n) is 4.07. The van der Waals surface area contributed by atoms with Crippen molar-refractivity contribution < 1.29 is 0 Å². The second-order valence-corrected chi connectivity index (χ2v) is 7.08. The highest BCUT2D eigenvalue weighted by Gasteiger charge is 2.20. The molecule has 0 spiro atoms. The van der Waals surface area contributed by atoms with Crippen molar-refractivity contribution in [1.82, 2.24) is 15.1 Å². The molecule has 25 heavy (non-hydrogen) atoms. The van der Waals surface area contributed by atoms with E-state index in [0.29, 0.717) is 0 Å². The topological polar surface area (TPSA) is 52.2 Å². The van der Waals surface area contributed by atoms with E-state index in [9.17, 15) is 4.79 Å². The number of hydrogen-bond donors (Lipinski definition) is 1. The molecule has 5 heteroatoms. The van der Waals surface area contributed by atoms with E-state index in [-0.39, 0.29) is 5.56 Å². The molecule has 1 aliphatic carbocycles. The lowest BCUT2D eigenvalue weighted by Gasteiger charge is -2.36. The SMILES string of the molecule is O=c1[nH]nc(CCN2CCN(c3ccccc3)CC2)c2c1CCCC2. The highest BCUT2D eigenvalue weighted by molar-refractivity contribution is 5.46. The van der Waals surface area contributed by atoms with E-state index in [2.05, 4.69) is 50.3 Å². The number of rotatable bonds is 4. The van der Waals surface area contributed by atoms with E-state index in [0.717, 1.165) is 69.7 Å². The summed E-state index contributed by atoms with van der Waals surface area (Å²) in [6.45, 7) is 5.33. The van der Waals surface area contributed by atoms with E-state index >= 15 is 0 Å². The number of benzene rings is 1. The normalized spacial score (nSPS) is 18.2. The van der Waals surface area contributed by atoms with Gasteiger partial charge in [0.25, 0.3) is 5.56 Å². The molecule has 2 aromatic rings. The van der Waals surface area contributed by atoms with E-state index < -0.39 is 0 Å². The zero-order valence-corrected chi connectivity index (χ0v) is 14.7. The number of para-hydroxylation sites is 1. The zero-order chi connectivity index (χ0) is 17.1. The van der Waals surface area contributed by atoms with Crippen molar-refractivity contribution in [1.29, 1.82) is 0 Å². The fraction of sp³-hybridized carbons (Fsp3) is 0.500. The van der Waals surface area contributed by atoms with Crippen LogP contribution in [0.3, 0.4) is 0 Å². The Morgan fingerprint density at radius 2 is 1.68 bits per heavy atom. The molecular weight excluding hydrogens is 312 g/mol. The Hall–Kier alpha value is -2.14. The zero-order valence-electron chi connectivity index (χ0n) is 14.7. The van der Waals surface area contributed by atoms with Gasteiger partial charge in [0.1, 0.15) is 0 Å². The van der Waals surface area contributed by atoms with Gasteiger partial charge in [-0.05, 0) is 43.4 Å². The van der Waals surface area contributed by atoms with Gasteiger partial charge >= 0.3 is 0 Å². The minimum atomic E-state index is 0.0231. The third-order valence-electron chi connectivity index (χ3n) is 5.54. The molecule has 0 bridgehead atoms. The predicted octanol–water partition coefficient (Wildman–Crippen LogP) is 2.01. The van der Waals surface area contributed by atoms with Crippen LogP contribution in [0.1, 0.15) is 29.7 Å². The van der Waals surface area contributed by atoms with Crippen molar-refractivity contribution in [2.24, 2.45) is 0 Å². The molecule has 2 aliphatic rings. The van der Waals surface area contributed by atoms with Crippen LogP contribution < -0.4 is 10.5 Å². The van der Waals surface area contributed by atoms with Gasteiger partial charge in [0.05, 0.1) is 5.69 Å². The Kier molecular flexibility index (Phi) is 4.83. The van der Waals surface area contributed by atoms with E-state index in [1.807, 2.05) is 0 Å². The van der Waals surface area contributed by atoms with Crippen LogP contribution in [-0.2, 0) is 19.3 Å². The second-order valence-electron chi connectivity index (χ2n) is 7.08. The number of hydrogen-bond acceptors (Lipinski definition) is 4. The maximum Gasteiger partial charge on any atom is 0.267 e. The van der Waals surface area contributed by atoms with Crippen molar-refractivity contribution in [2.45, 2.75) is 32.1 Å². The van der Waals surface area contributed by atoms with E-state index in [4.69, 9.17) is 0 Å². The lowest BCUT2D eigenvalue weighted by molar-refractivity contribution is 0.259. The number of piperazine rings is 1. The maximum atomic E-state index is 12.0. The molecule has 1 aromatic carbocycles. The molecule has 1 aromatic heterocycles. The minimum Gasteiger partial charge on any atom is -0.369 e. The van der Waals surface area contributed by atoms with Crippen LogP contribution in [0.2, 0.25) is 0 Å². The van der Waals surface area contributed by atoms with E-state index in [1.54, 1.807) is 0 Å². The van der Waals surface area contributed by atoms with Gasteiger partial charge in [-0.25, -0.2) is 5.10 Å². The van der Waals surface area contributed by atoms with Crippen molar-refractivity contribution in [3.63, 3.8) is 0 Å². The van der Waals surface area contributed by atoms with Gasteiger partial charge < -0.3 is 4.90 Å². The van der Waals surface area contributed by atoms with Gasteiger partial charge in [0.15, 0.2) is 0 Å². The predicted molar refractivity (Wildman–Crippen MR) is 100 cm³/mol. The molecule has 1 saturated heterocycles. The van der Waals surface area contributed by atoms with Gasteiger partial charge in [-0.3, -0.25) is 9.69 Å². The molecule has 0 saturated carbocycles.